The molecule has 1 aromatic heterocycles. The number of carbonyl (C=O) groups excluding carboxylic acids is 1. The van der Waals surface area contributed by atoms with E-state index in [9.17, 15) is 4.79 Å². The third-order valence-corrected chi connectivity index (χ3v) is 6.45. The first-order valence-corrected chi connectivity index (χ1v) is 11.9. The number of thioether (sulfide) groups is 1. The number of ether oxygens (including phenoxy) is 2. The molecule has 10 heteroatoms. The van der Waals surface area contributed by atoms with E-state index in [2.05, 4.69) is 15.5 Å². The van der Waals surface area contributed by atoms with E-state index in [4.69, 9.17) is 32.7 Å². The third kappa shape index (κ3) is 5.83. The van der Waals surface area contributed by atoms with Crippen molar-refractivity contribution >= 4 is 46.6 Å². The Morgan fingerprint density at radius 3 is 2.44 bits per heavy atom. The Morgan fingerprint density at radius 1 is 0.971 bits per heavy atom. The molecule has 174 valence electrons. The van der Waals surface area contributed by atoms with Crippen LogP contribution >= 0.6 is 35.0 Å². The zero-order chi connectivity index (χ0) is 23.9. The van der Waals surface area contributed by atoms with Crippen molar-refractivity contribution in [1.29, 1.82) is 0 Å². The van der Waals surface area contributed by atoms with Crippen LogP contribution in [-0.4, -0.2) is 33.5 Å². The lowest BCUT2D eigenvalue weighted by Gasteiger charge is -2.12. The highest BCUT2D eigenvalue weighted by Gasteiger charge is 2.17. The Morgan fingerprint density at radius 2 is 1.71 bits per heavy atom. The van der Waals surface area contributed by atoms with Crippen LogP contribution in [0.1, 0.15) is 5.82 Å². The Balaban J connectivity index is 1.48. The summed E-state index contributed by atoms with van der Waals surface area (Å²) in [6.45, 7) is 0.194. The van der Waals surface area contributed by atoms with Gasteiger partial charge in [0.05, 0.1) is 28.6 Å². The lowest BCUT2D eigenvalue weighted by molar-refractivity contribution is -0.113. The highest BCUT2D eigenvalue weighted by Crippen LogP contribution is 2.30. The van der Waals surface area contributed by atoms with Gasteiger partial charge in [0.1, 0.15) is 18.1 Å². The lowest BCUT2D eigenvalue weighted by atomic mass is 10.3. The van der Waals surface area contributed by atoms with E-state index in [1.54, 1.807) is 25.3 Å². The number of para-hydroxylation sites is 1. The second-order valence-corrected chi connectivity index (χ2v) is 8.70. The summed E-state index contributed by atoms with van der Waals surface area (Å²) >= 11 is 13.4. The largest absolute Gasteiger partial charge is 0.497 e. The van der Waals surface area contributed by atoms with E-state index in [1.165, 1.54) is 11.8 Å². The van der Waals surface area contributed by atoms with Gasteiger partial charge < -0.3 is 14.8 Å². The fraction of sp³-hybridized carbons (Fsp3) is 0.125. The van der Waals surface area contributed by atoms with Gasteiger partial charge in [-0.1, -0.05) is 59.2 Å². The molecule has 4 rings (SSSR count). The molecule has 0 aliphatic heterocycles. The summed E-state index contributed by atoms with van der Waals surface area (Å²) in [5, 5.41) is 12.6. The maximum absolute atomic E-state index is 12.5. The van der Waals surface area contributed by atoms with E-state index in [-0.39, 0.29) is 18.3 Å². The van der Waals surface area contributed by atoms with Crippen LogP contribution in [0.15, 0.2) is 78.0 Å². The Labute approximate surface area is 211 Å². The van der Waals surface area contributed by atoms with Crippen molar-refractivity contribution in [2.24, 2.45) is 0 Å². The van der Waals surface area contributed by atoms with Crippen molar-refractivity contribution in [3.8, 4) is 17.2 Å². The molecule has 0 unspecified atom stereocenters. The molecule has 0 bridgehead atoms. The van der Waals surface area contributed by atoms with Gasteiger partial charge in [-0.25, -0.2) is 0 Å². The molecule has 0 radical (unpaired) electrons. The van der Waals surface area contributed by atoms with E-state index < -0.39 is 0 Å². The van der Waals surface area contributed by atoms with Gasteiger partial charge in [0.15, 0.2) is 11.0 Å². The second-order valence-electron chi connectivity index (χ2n) is 6.97. The van der Waals surface area contributed by atoms with Crippen LogP contribution < -0.4 is 14.8 Å². The minimum absolute atomic E-state index is 0.104. The van der Waals surface area contributed by atoms with Crippen molar-refractivity contribution in [1.82, 2.24) is 14.8 Å². The van der Waals surface area contributed by atoms with E-state index >= 15 is 0 Å². The Bertz CT molecular complexity index is 1270. The monoisotopic (exact) mass is 514 g/mol. The number of nitrogens with one attached hydrogen (secondary N) is 1. The van der Waals surface area contributed by atoms with E-state index in [0.717, 1.165) is 11.4 Å². The summed E-state index contributed by atoms with van der Waals surface area (Å²) in [4.78, 5) is 12.5. The number of amides is 1. The molecule has 1 amide bonds. The minimum atomic E-state index is -0.243. The lowest BCUT2D eigenvalue weighted by Crippen LogP contribution is -2.15. The van der Waals surface area contributed by atoms with Crippen molar-refractivity contribution in [3.05, 3.63) is 88.7 Å². The fourth-order valence-corrected chi connectivity index (χ4v) is 4.18. The third-order valence-electron chi connectivity index (χ3n) is 4.70. The topological polar surface area (TPSA) is 78.3 Å². The summed E-state index contributed by atoms with van der Waals surface area (Å²) in [5.74, 6) is 1.88. The number of hydrogen-bond donors (Lipinski definition) is 1. The number of aromatic nitrogens is 3. The minimum Gasteiger partial charge on any atom is -0.497 e. The van der Waals surface area contributed by atoms with Crippen LogP contribution in [0.3, 0.4) is 0 Å². The summed E-state index contributed by atoms with van der Waals surface area (Å²) in [6, 6.07) is 22.0. The number of methoxy groups -OCH3 is 1. The highest BCUT2D eigenvalue weighted by atomic mass is 35.5. The average Bonchev–Trinajstić information content (AvgIpc) is 3.28. The molecule has 7 nitrogen and oxygen atoms in total. The fourth-order valence-electron chi connectivity index (χ4n) is 3.06. The molecule has 0 fully saturated rings. The van der Waals surface area contributed by atoms with Gasteiger partial charge in [0.2, 0.25) is 5.91 Å². The van der Waals surface area contributed by atoms with Gasteiger partial charge in [-0.2, -0.15) is 0 Å². The number of hydrogen-bond acceptors (Lipinski definition) is 6. The predicted molar refractivity (Wildman–Crippen MR) is 135 cm³/mol. The standard InChI is InChI=1S/C24H20Cl2N4O3S/c1-32-17-10-12-18(13-11-17)33-14-21-28-29-24(30(21)16-6-3-2-4-7-16)34-15-22(31)27-20-9-5-8-19(25)23(20)26/h2-13H,14-15H2,1H3,(H,27,31). The molecule has 0 aliphatic carbocycles. The SMILES string of the molecule is COc1ccc(OCc2nnc(SCC(=O)Nc3cccc(Cl)c3Cl)n2-c2ccccc2)cc1. The number of rotatable bonds is 9. The van der Waals surface area contributed by atoms with Crippen LogP contribution in [0, 0.1) is 0 Å². The van der Waals surface area contributed by atoms with Crippen molar-refractivity contribution in [2.45, 2.75) is 11.8 Å². The number of benzene rings is 3. The second kappa shape index (κ2) is 11.3. The molecular weight excluding hydrogens is 495 g/mol. The summed E-state index contributed by atoms with van der Waals surface area (Å²) in [7, 11) is 1.61. The average molecular weight is 515 g/mol. The van der Waals surface area contributed by atoms with E-state index in [1.807, 2.05) is 59.2 Å². The molecule has 3 aromatic carbocycles. The molecule has 0 saturated carbocycles. The first-order valence-electron chi connectivity index (χ1n) is 10.2. The van der Waals surface area contributed by atoms with Crippen molar-refractivity contribution < 1.29 is 14.3 Å². The van der Waals surface area contributed by atoms with Gasteiger partial charge in [0.25, 0.3) is 0 Å². The molecular formula is C24H20Cl2N4O3S. The first kappa shape index (κ1) is 23.9. The molecule has 0 spiro atoms. The molecule has 0 aliphatic rings. The van der Waals surface area contributed by atoms with Gasteiger partial charge in [-0.15, -0.1) is 10.2 Å². The van der Waals surface area contributed by atoms with Crippen LogP contribution in [-0.2, 0) is 11.4 Å². The van der Waals surface area contributed by atoms with Crippen molar-refractivity contribution in [2.75, 3.05) is 18.2 Å². The Kier molecular flexibility index (Phi) is 7.95. The van der Waals surface area contributed by atoms with Gasteiger partial charge in [0, 0.05) is 5.69 Å². The first-order chi connectivity index (χ1) is 16.5. The van der Waals surface area contributed by atoms with Gasteiger partial charge in [-0.3, -0.25) is 9.36 Å². The molecule has 34 heavy (non-hydrogen) atoms. The summed E-state index contributed by atoms with van der Waals surface area (Å²) in [5.41, 5.74) is 1.32. The summed E-state index contributed by atoms with van der Waals surface area (Å²) in [6.07, 6.45) is 0. The Hall–Kier alpha value is -3.20. The van der Waals surface area contributed by atoms with Crippen LogP contribution in [0.2, 0.25) is 10.0 Å². The molecule has 4 aromatic rings. The van der Waals surface area contributed by atoms with Crippen LogP contribution in [0.4, 0.5) is 5.69 Å². The number of anilines is 1. The van der Waals surface area contributed by atoms with Crippen LogP contribution in [0.5, 0.6) is 11.5 Å². The number of carbonyl (C=O) groups is 1. The molecule has 1 N–H and O–H groups in total. The zero-order valence-electron chi connectivity index (χ0n) is 18.1. The van der Waals surface area contributed by atoms with Gasteiger partial charge in [-0.05, 0) is 48.5 Å². The normalized spacial score (nSPS) is 10.7. The maximum Gasteiger partial charge on any atom is 0.234 e. The highest BCUT2D eigenvalue weighted by molar-refractivity contribution is 7.99. The van der Waals surface area contributed by atoms with Crippen LogP contribution in [0.25, 0.3) is 5.69 Å². The predicted octanol–water partition coefficient (Wildman–Crippen LogP) is 5.89. The van der Waals surface area contributed by atoms with Crippen molar-refractivity contribution in [3.63, 3.8) is 0 Å². The number of nitrogens with zero attached hydrogens (tertiary/aromatic N) is 3. The van der Waals surface area contributed by atoms with Gasteiger partial charge >= 0.3 is 0 Å². The molecule has 0 saturated heterocycles. The number of halogens is 2. The zero-order valence-corrected chi connectivity index (χ0v) is 20.4. The van der Waals surface area contributed by atoms with E-state index in [0.29, 0.717) is 32.5 Å². The molecule has 1 heterocycles. The smallest absolute Gasteiger partial charge is 0.234 e. The summed E-state index contributed by atoms with van der Waals surface area (Å²) < 4.78 is 12.9. The molecule has 0 atom stereocenters. The maximum atomic E-state index is 12.5. The quantitative estimate of drug-likeness (QED) is 0.280.